The van der Waals surface area contributed by atoms with Gasteiger partial charge in [0.1, 0.15) is 5.54 Å². The Hall–Kier alpha value is -0.820. The van der Waals surface area contributed by atoms with E-state index in [2.05, 4.69) is 5.32 Å². The zero-order valence-corrected chi connectivity index (χ0v) is 12.0. The lowest BCUT2D eigenvalue weighted by molar-refractivity contribution is -0.221. The van der Waals surface area contributed by atoms with Crippen molar-refractivity contribution in [3.05, 3.63) is 0 Å². The second-order valence-electron chi connectivity index (χ2n) is 4.99. The molecule has 118 valence electrons. The quantitative estimate of drug-likeness (QED) is 0.698. The van der Waals surface area contributed by atoms with Crippen LogP contribution in [0.2, 0.25) is 0 Å². The molecule has 0 heterocycles. The van der Waals surface area contributed by atoms with Crippen LogP contribution in [0.15, 0.2) is 0 Å². The van der Waals surface area contributed by atoms with Crippen molar-refractivity contribution in [1.82, 2.24) is 5.32 Å². The van der Waals surface area contributed by atoms with Crippen molar-refractivity contribution < 1.29 is 27.4 Å². The number of ether oxygens (including phenoxy) is 2. The summed E-state index contributed by atoms with van der Waals surface area (Å²) in [6.07, 6.45) is -4.77. The summed E-state index contributed by atoms with van der Waals surface area (Å²) in [6.45, 7) is 4.72. The minimum absolute atomic E-state index is 0.0260. The smallest absolute Gasteiger partial charge is 0.414 e. The molecule has 0 aromatic carbocycles. The Balaban J connectivity index is 2.79. The second-order valence-corrected chi connectivity index (χ2v) is 4.99. The molecule has 1 aliphatic carbocycles. The first-order valence-electron chi connectivity index (χ1n) is 6.88. The van der Waals surface area contributed by atoms with Crippen molar-refractivity contribution in [3.8, 4) is 0 Å². The highest BCUT2D eigenvalue weighted by Crippen LogP contribution is 2.41. The lowest BCUT2D eigenvalue weighted by Gasteiger charge is -2.33. The summed E-state index contributed by atoms with van der Waals surface area (Å²) < 4.78 is 47.5. The molecule has 2 unspecified atom stereocenters. The Labute approximate surface area is 117 Å². The highest BCUT2D eigenvalue weighted by atomic mass is 19.4. The maximum absolute atomic E-state index is 12.5. The SMILES string of the molecule is CCNC(COC(C)C(F)(F)F)(C(=O)OCC)C1CC1. The van der Waals surface area contributed by atoms with Crippen molar-refractivity contribution in [2.45, 2.75) is 51.4 Å². The van der Waals surface area contributed by atoms with Crippen LogP contribution < -0.4 is 5.32 Å². The Bertz CT molecular complexity index is 331. The second kappa shape index (κ2) is 6.76. The highest BCUT2D eigenvalue weighted by molar-refractivity contribution is 5.82. The topological polar surface area (TPSA) is 47.6 Å². The fraction of sp³-hybridized carbons (Fsp3) is 0.923. The van der Waals surface area contributed by atoms with E-state index in [1.807, 2.05) is 0 Å². The summed E-state index contributed by atoms with van der Waals surface area (Å²) in [5, 5.41) is 2.98. The van der Waals surface area contributed by atoms with E-state index in [0.29, 0.717) is 6.54 Å². The van der Waals surface area contributed by atoms with Crippen LogP contribution in [0, 0.1) is 5.92 Å². The molecule has 0 bridgehead atoms. The number of hydrogen-bond donors (Lipinski definition) is 1. The Kier molecular flexibility index (Phi) is 5.82. The van der Waals surface area contributed by atoms with Gasteiger partial charge in [-0.2, -0.15) is 13.2 Å². The van der Waals surface area contributed by atoms with E-state index >= 15 is 0 Å². The molecule has 0 aromatic heterocycles. The molecule has 7 heteroatoms. The molecule has 0 amide bonds. The molecule has 4 nitrogen and oxygen atoms in total. The molecule has 0 saturated heterocycles. The number of hydrogen-bond acceptors (Lipinski definition) is 4. The Morgan fingerprint density at radius 2 is 1.95 bits per heavy atom. The van der Waals surface area contributed by atoms with Crippen LogP contribution in [-0.2, 0) is 14.3 Å². The molecule has 0 radical (unpaired) electrons. The van der Waals surface area contributed by atoms with Crippen LogP contribution in [0.4, 0.5) is 13.2 Å². The van der Waals surface area contributed by atoms with E-state index in [1.54, 1.807) is 13.8 Å². The zero-order valence-electron chi connectivity index (χ0n) is 12.0. The molecule has 1 rings (SSSR count). The lowest BCUT2D eigenvalue weighted by atomic mass is 9.94. The van der Waals surface area contributed by atoms with E-state index in [-0.39, 0.29) is 19.1 Å². The number of esters is 1. The average molecular weight is 297 g/mol. The summed E-state index contributed by atoms with van der Waals surface area (Å²) in [5.74, 6) is -0.555. The maximum atomic E-state index is 12.5. The first-order valence-corrected chi connectivity index (χ1v) is 6.88. The third-order valence-electron chi connectivity index (χ3n) is 3.43. The number of carbonyl (C=O) groups excluding carboxylic acids is 1. The Morgan fingerprint density at radius 3 is 2.35 bits per heavy atom. The molecule has 1 saturated carbocycles. The summed E-state index contributed by atoms with van der Waals surface area (Å²) in [6, 6.07) is 0. The molecule has 2 atom stereocenters. The summed E-state index contributed by atoms with van der Waals surface area (Å²) >= 11 is 0. The van der Waals surface area contributed by atoms with E-state index in [0.717, 1.165) is 19.8 Å². The number of alkyl halides is 3. The van der Waals surface area contributed by atoms with Crippen LogP contribution in [0.3, 0.4) is 0 Å². The number of rotatable bonds is 8. The molecule has 0 aliphatic heterocycles. The van der Waals surface area contributed by atoms with Gasteiger partial charge in [0.05, 0.1) is 13.2 Å². The first-order chi connectivity index (χ1) is 9.28. The molecule has 1 fully saturated rings. The highest BCUT2D eigenvalue weighted by Gasteiger charge is 2.53. The number of carbonyl (C=O) groups is 1. The number of halogens is 3. The largest absolute Gasteiger partial charge is 0.465 e. The van der Waals surface area contributed by atoms with Crippen LogP contribution in [0.5, 0.6) is 0 Å². The summed E-state index contributed by atoms with van der Waals surface area (Å²) in [4.78, 5) is 12.2. The van der Waals surface area contributed by atoms with Crippen molar-refractivity contribution in [1.29, 1.82) is 0 Å². The van der Waals surface area contributed by atoms with Gasteiger partial charge in [-0.15, -0.1) is 0 Å². The monoisotopic (exact) mass is 297 g/mol. The maximum Gasteiger partial charge on any atom is 0.414 e. The van der Waals surface area contributed by atoms with Crippen LogP contribution in [0.1, 0.15) is 33.6 Å². The molecular weight excluding hydrogens is 275 g/mol. The molecule has 1 N–H and O–H groups in total. The minimum atomic E-state index is -4.43. The first kappa shape index (κ1) is 17.2. The fourth-order valence-corrected chi connectivity index (χ4v) is 2.11. The van der Waals surface area contributed by atoms with Crippen LogP contribution >= 0.6 is 0 Å². The van der Waals surface area contributed by atoms with E-state index in [9.17, 15) is 18.0 Å². The van der Waals surface area contributed by atoms with E-state index < -0.39 is 23.8 Å². The predicted molar refractivity (Wildman–Crippen MR) is 67.2 cm³/mol. The summed E-state index contributed by atoms with van der Waals surface area (Å²) in [7, 11) is 0. The average Bonchev–Trinajstić information content (AvgIpc) is 3.17. The third kappa shape index (κ3) is 4.09. The van der Waals surface area contributed by atoms with Crippen molar-refractivity contribution in [3.63, 3.8) is 0 Å². The van der Waals surface area contributed by atoms with Crippen molar-refractivity contribution in [2.75, 3.05) is 19.8 Å². The van der Waals surface area contributed by atoms with Crippen LogP contribution in [-0.4, -0.2) is 43.5 Å². The molecule has 20 heavy (non-hydrogen) atoms. The van der Waals surface area contributed by atoms with Gasteiger partial charge in [0.25, 0.3) is 0 Å². The van der Waals surface area contributed by atoms with Crippen LogP contribution in [0.25, 0.3) is 0 Å². The van der Waals surface area contributed by atoms with Gasteiger partial charge in [-0.3, -0.25) is 5.32 Å². The zero-order chi connectivity index (χ0) is 15.4. The standard InChI is InChI=1S/C13H22F3NO3/c1-4-17-12(10-6-7-10,11(18)19-5-2)8-20-9(3)13(14,15)16/h9-10,17H,4-8H2,1-3H3. The van der Waals surface area contributed by atoms with Crippen molar-refractivity contribution >= 4 is 5.97 Å². The van der Waals surface area contributed by atoms with E-state index in [4.69, 9.17) is 9.47 Å². The Morgan fingerprint density at radius 1 is 1.35 bits per heavy atom. The normalized spacial score (nSPS) is 20.3. The van der Waals surface area contributed by atoms with Gasteiger partial charge >= 0.3 is 12.1 Å². The predicted octanol–water partition coefficient (Wildman–Crippen LogP) is 2.28. The van der Waals surface area contributed by atoms with Crippen molar-refractivity contribution in [2.24, 2.45) is 5.92 Å². The van der Waals surface area contributed by atoms with Gasteiger partial charge in [-0.05, 0) is 39.2 Å². The van der Waals surface area contributed by atoms with E-state index in [1.165, 1.54) is 0 Å². The van der Waals surface area contributed by atoms with Gasteiger partial charge in [0.15, 0.2) is 6.10 Å². The molecular formula is C13H22F3NO3. The van der Waals surface area contributed by atoms with Gasteiger partial charge in [-0.1, -0.05) is 6.92 Å². The molecule has 1 aliphatic rings. The molecule has 0 spiro atoms. The van der Waals surface area contributed by atoms with Gasteiger partial charge in [0.2, 0.25) is 0 Å². The van der Waals surface area contributed by atoms with Gasteiger partial charge < -0.3 is 9.47 Å². The minimum Gasteiger partial charge on any atom is -0.465 e. The number of likely N-dealkylation sites (N-methyl/N-ethyl adjacent to an activating group) is 1. The van der Waals surface area contributed by atoms with Gasteiger partial charge in [-0.25, -0.2) is 4.79 Å². The molecule has 0 aromatic rings. The van der Waals surface area contributed by atoms with Gasteiger partial charge in [0, 0.05) is 0 Å². The third-order valence-corrected chi connectivity index (χ3v) is 3.43. The fourth-order valence-electron chi connectivity index (χ4n) is 2.11. The lowest BCUT2D eigenvalue weighted by Crippen LogP contribution is -2.59. The number of nitrogens with one attached hydrogen (secondary N) is 1. The summed E-state index contributed by atoms with van der Waals surface area (Å²) in [5.41, 5.74) is -1.16.